The van der Waals surface area contributed by atoms with Crippen molar-refractivity contribution in [3.8, 4) is 11.3 Å². The molecule has 0 N–H and O–H groups in total. The van der Waals surface area contributed by atoms with E-state index in [0.29, 0.717) is 22.7 Å². The van der Waals surface area contributed by atoms with Crippen LogP contribution in [0.1, 0.15) is 119 Å². The lowest BCUT2D eigenvalue weighted by atomic mass is 9.51. The van der Waals surface area contributed by atoms with Crippen LogP contribution in [0.5, 0.6) is 0 Å². The van der Waals surface area contributed by atoms with Crippen molar-refractivity contribution in [3.63, 3.8) is 0 Å². The van der Waals surface area contributed by atoms with Gasteiger partial charge in [0.25, 0.3) is 0 Å². The molecule has 4 nitrogen and oxygen atoms in total. The topological polar surface area (TPSA) is 42.2 Å². The maximum atomic E-state index is 5.85. The van der Waals surface area contributed by atoms with Gasteiger partial charge in [-0.15, -0.1) is 0 Å². The summed E-state index contributed by atoms with van der Waals surface area (Å²) in [7, 11) is 0. The number of oxazole rings is 1. The van der Waals surface area contributed by atoms with Crippen LogP contribution in [0.4, 0.5) is 5.82 Å². The van der Waals surface area contributed by atoms with E-state index in [9.17, 15) is 0 Å². The van der Waals surface area contributed by atoms with Gasteiger partial charge in [-0.2, -0.15) is 0 Å². The molecule has 4 heteroatoms. The van der Waals surface area contributed by atoms with Crippen molar-refractivity contribution in [2.24, 2.45) is 11.3 Å². The summed E-state index contributed by atoms with van der Waals surface area (Å²) in [6.45, 7) is 10.4. The second kappa shape index (κ2) is 10.7. The van der Waals surface area contributed by atoms with E-state index in [1.54, 1.807) is 5.56 Å². The van der Waals surface area contributed by atoms with Crippen molar-refractivity contribution in [2.75, 3.05) is 11.4 Å². The Morgan fingerprint density at radius 3 is 2.41 bits per heavy atom. The Kier molecular flexibility index (Phi) is 7.07. The second-order valence-electron chi connectivity index (χ2n) is 13.9. The van der Waals surface area contributed by atoms with E-state index in [-0.39, 0.29) is 0 Å². The van der Waals surface area contributed by atoms with Crippen molar-refractivity contribution in [3.05, 3.63) is 77.6 Å². The number of allylic oxidation sites excluding steroid dienone is 1. The summed E-state index contributed by atoms with van der Waals surface area (Å²) in [6, 6.07) is 11.7. The Labute approximate surface area is 246 Å². The number of pyridine rings is 1. The molecule has 5 saturated carbocycles. The molecule has 8 rings (SSSR count). The zero-order chi connectivity index (χ0) is 28.0. The van der Waals surface area contributed by atoms with E-state index < -0.39 is 0 Å². The maximum absolute atomic E-state index is 5.85. The summed E-state index contributed by atoms with van der Waals surface area (Å²) in [5.41, 5.74) is 8.58. The van der Waals surface area contributed by atoms with Crippen molar-refractivity contribution >= 4 is 5.82 Å². The Morgan fingerprint density at radius 2 is 1.73 bits per heavy atom. The SMILES string of the molecule is C=C(C1CCCCC1)N(CC12CCC(c3ccc(CC)c(C)c3)(CC1)CC2)c1cc(-c2coc(C3CC3)n2)ccn1. The van der Waals surface area contributed by atoms with Gasteiger partial charge in [0.05, 0.1) is 0 Å². The molecule has 41 heavy (non-hydrogen) atoms. The van der Waals surface area contributed by atoms with Gasteiger partial charge in [0.2, 0.25) is 0 Å². The molecule has 0 spiro atoms. The molecule has 0 saturated heterocycles. The van der Waals surface area contributed by atoms with Gasteiger partial charge in [0.15, 0.2) is 5.89 Å². The lowest BCUT2D eigenvalue weighted by Crippen LogP contribution is -2.49. The van der Waals surface area contributed by atoms with Crippen LogP contribution >= 0.6 is 0 Å². The largest absolute Gasteiger partial charge is 0.448 e. The van der Waals surface area contributed by atoms with Gasteiger partial charge in [-0.25, -0.2) is 9.97 Å². The van der Waals surface area contributed by atoms with Crippen LogP contribution in [-0.2, 0) is 11.8 Å². The van der Waals surface area contributed by atoms with Crippen LogP contribution in [0.25, 0.3) is 11.3 Å². The average Bonchev–Trinajstić information content (AvgIpc) is 3.77. The number of rotatable bonds is 9. The summed E-state index contributed by atoms with van der Waals surface area (Å²) in [4.78, 5) is 12.4. The molecule has 3 aromatic rings. The normalized spacial score (nSPS) is 26.3. The maximum Gasteiger partial charge on any atom is 0.197 e. The molecule has 1 aromatic carbocycles. The molecule has 0 aliphatic heterocycles. The molecule has 0 atom stereocenters. The summed E-state index contributed by atoms with van der Waals surface area (Å²) < 4.78 is 5.85. The quantitative estimate of drug-likeness (QED) is 0.266. The predicted molar refractivity (Wildman–Crippen MR) is 167 cm³/mol. The fourth-order valence-corrected chi connectivity index (χ4v) is 8.34. The van der Waals surface area contributed by atoms with Crippen LogP contribution in [-0.4, -0.2) is 16.5 Å². The fourth-order valence-electron chi connectivity index (χ4n) is 8.34. The number of hydrogen-bond acceptors (Lipinski definition) is 4. The first-order valence-corrected chi connectivity index (χ1v) is 16.5. The third kappa shape index (κ3) is 5.17. The highest BCUT2D eigenvalue weighted by Gasteiger charge is 2.50. The summed E-state index contributed by atoms with van der Waals surface area (Å²) >= 11 is 0. The molecule has 5 aliphatic carbocycles. The molecule has 216 valence electrons. The second-order valence-corrected chi connectivity index (χ2v) is 13.9. The highest BCUT2D eigenvalue weighted by Crippen LogP contribution is 2.58. The van der Waals surface area contributed by atoms with Crippen molar-refractivity contribution in [1.29, 1.82) is 0 Å². The van der Waals surface area contributed by atoms with Crippen LogP contribution in [0.15, 0.2) is 59.5 Å². The minimum absolute atomic E-state index is 0.336. The highest BCUT2D eigenvalue weighted by molar-refractivity contribution is 5.64. The Hall–Kier alpha value is -2.88. The molecule has 2 aromatic heterocycles. The smallest absolute Gasteiger partial charge is 0.197 e. The number of fused-ring (bicyclic) bond motifs is 3. The first-order chi connectivity index (χ1) is 20.0. The van der Waals surface area contributed by atoms with Crippen LogP contribution in [0, 0.1) is 18.3 Å². The number of benzene rings is 1. The monoisotopic (exact) mass is 549 g/mol. The standard InChI is InChI=1S/C37H47N3O/c1-4-28-12-13-32(22-26(28)2)37-18-15-36(16-19-37,17-20-37)25-40(27(3)29-8-6-5-7-9-29)34-23-31(14-21-38-34)33-24-41-35(39-33)30-10-11-30/h12-14,21-24,29-30H,3-11,15-20,25H2,1-2H3. The summed E-state index contributed by atoms with van der Waals surface area (Å²) in [5.74, 6) is 3.01. The molecular formula is C37H47N3O. The van der Waals surface area contributed by atoms with E-state index >= 15 is 0 Å². The molecule has 0 unspecified atom stereocenters. The zero-order valence-electron chi connectivity index (χ0n) is 25.3. The summed E-state index contributed by atoms with van der Waals surface area (Å²) in [6.07, 6.45) is 21.6. The number of aromatic nitrogens is 2. The molecule has 5 aliphatic rings. The van der Waals surface area contributed by atoms with Crippen LogP contribution < -0.4 is 4.90 Å². The van der Waals surface area contributed by atoms with Gasteiger partial charge < -0.3 is 9.32 Å². The molecular weight excluding hydrogens is 502 g/mol. The van der Waals surface area contributed by atoms with Gasteiger partial charge in [-0.1, -0.05) is 51.0 Å². The molecule has 2 heterocycles. The van der Waals surface area contributed by atoms with Gasteiger partial charge >= 0.3 is 0 Å². The minimum Gasteiger partial charge on any atom is -0.448 e. The highest BCUT2D eigenvalue weighted by atomic mass is 16.3. The van der Waals surface area contributed by atoms with Gasteiger partial charge in [0, 0.05) is 29.9 Å². The Balaban J connectivity index is 1.15. The molecule has 2 bridgehead atoms. The van der Waals surface area contributed by atoms with E-state index in [1.807, 2.05) is 12.5 Å². The first kappa shape index (κ1) is 27.0. The van der Waals surface area contributed by atoms with Gasteiger partial charge in [0.1, 0.15) is 17.8 Å². The summed E-state index contributed by atoms with van der Waals surface area (Å²) in [5, 5.41) is 0. The molecule has 0 radical (unpaired) electrons. The van der Waals surface area contributed by atoms with Crippen molar-refractivity contribution in [1.82, 2.24) is 9.97 Å². The molecule has 0 amide bonds. The molecule has 5 fully saturated rings. The van der Waals surface area contributed by atoms with Gasteiger partial charge in [-0.05, 0) is 123 Å². The Bertz CT molecular complexity index is 1380. The number of hydrogen-bond donors (Lipinski definition) is 0. The average molecular weight is 550 g/mol. The minimum atomic E-state index is 0.336. The third-order valence-corrected chi connectivity index (χ3v) is 11.4. The van der Waals surface area contributed by atoms with E-state index in [2.05, 4.69) is 49.1 Å². The fraction of sp³-hybridized carbons (Fsp3) is 0.568. The van der Waals surface area contributed by atoms with E-state index in [4.69, 9.17) is 21.0 Å². The first-order valence-electron chi connectivity index (χ1n) is 16.5. The number of aryl methyl sites for hydroxylation is 2. The lowest BCUT2D eigenvalue weighted by Gasteiger charge is -2.55. The Morgan fingerprint density at radius 1 is 0.976 bits per heavy atom. The van der Waals surface area contributed by atoms with Crippen molar-refractivity contribution in [2.45, 2.75) is 115 Å². The van der Waals surface area contributed by atoms with Crippen molar-refractivity contribution < 1.29 is 4.42 Å². The van der Waals surface area contributed by atoms with E-state index in [1.165, 1.54) is 100 Å². The third-order valence-electron chi connectivity index (χ3n) is 11.4. The van der Waals surface area contributed by atoms with Gasteiger partial charge in [-0.3, -0.25) is 0 Å². The van der Waals surface area contributed by atoms with Crippen LogP contribution in [0.3, 0.4) is 0 Å². The lowest BCUT2D eigenvalue weighted by molar-refractivity contribution is 0.0459. The predicted octanol–water partition coefficient (Wildman–Crippen LogP) is 9.68. The van der Waals surface area contributed by atoms with E-state index in [0.717, 1.165) is 35.9 Å². The van der Waals surface area contributed by atoms with Crippen LogP contribution in [0.2, 0.25) is 0 Å². The zero-order valence-corrected chi connectivity index (χ0v) is 25.3. The number of nitrogens with zero attached hydrogens (tertiary/aromatic N) is 3. The number of anilines is 1.